The molecule has 43 heavy (non-hydrogen) atoms. The number of rotatable bonds is 14. The van der Waals surface area contributed by atoms with E-state index < -0.39 is 17.0 Å². The number of aromatic nitrogens is 1. The number of hydrogen-bond donors (Lipinski definition) is 0. The van der Waals surface area contributed by atoms with Crippen LogP contribution in [0.2, 0.25) is 0 Å². The van der Waals surface area contributed by atoms with E-state index in [1.165, 1.54) is 6.20 Å². The molecule has 0 unspecified atom stereocenters. The van der Waals surface area contributed by atoms with Crippen molar-refractivity contribution in [3.63, 3.8) is 0 Å². The molecule has 0 bridgehead atoms. The van der Waals surface area contributed by atoms with Crippen molar-refractivity contribution in [3.8, 4) is 0 Å². The fourth-order valence-corrected chi connectivity index (χ4v) is 4.75. The molecule has 232 valence electrons. The van der Waals surface area contributed by atoms with Crippen molar-refractivity contribution in [1.29, 1.82) is 0 Å². The molecule has 1 heterocycles. The van der Waals surface area contributed by atoms with Crippen LogP contribution in [0.4, 0.5) is 0 Å². The first-order chi connectivity index (χ1) is 19.9. The first-order valence-electron chi connectivity index (χ1n) is 14.3. The Morgan fingerprint density at radius 1 is 0.721 bits per heavy atom. The largest absolute Gasteiger partial charge is 0.461 e. The summed E-state index contributed by atoms with van der Waals surface area (Å²) in [7, 11) is 3.59. The highest BCUT2D eigenvalue weighted by Crippen LogP contribution is 2.21. The van der Waals surface area contributed by atoms with E-state index in [1.807, 2.05) is 64.1 Å². The van der Waals surface area contributed by atoms with Gasteiger partial charge in [0, 0.05) is 44.1 Å². The van der Waals surface area contributed by atoms with Crippen LogP contribution in [0.1, 0.15) is 49.2 Å². The van der Waals surface area contributed by atoms with Gasteiger partial charge in [0.25, 0.3) is 0 Å². The maximum atomic E-state index is 13.5. The molecule has 0 atom stereocenters. The van der Waals surface area contributed by atoms with Gasteiger partial charge in [0.05, 0.1) is 18.7 Å². The van der Waals surface area contributed by atoms with Gasteiger partial charge in [0.1, 0.15) is 6.61 Å². The Morgan fingerprint density at radius 3 is 1.60 bits per heavy atom. The fraction of sp³-hybridized carbons (Fsp3) is 0.412. The van der Waals surface area contributed by atoms with Crippen LogP contribution < -0.4 is 0 Å². The Kier molecular flexibility index (Phi) is 13.3. The van der Waals surface area contributed by atoms with Gasteiger partial charge in [0.2, 0.25) is 11.8 Å². The van der Waals surface area contributed by atoms with E-state index in [0.29, 0.717) is 18.4 Å². The molecule has 0 aliphatic carbocycles. The Labute approximate surface area is 262 Å². The number of ether oxygens (including phenoxy) is 1. The number of carbonyl (C=O) groups excluding carboxylic acids is 3. The Bertz CT molecular complexity index is 1230. The minimum Gasteiger partial charge on any atom is -0.461 e. The smallest absolute Gasteiger partial charge is 0.339 e. The lowest BCUT2D eigenvalue weighted by Crippen LogP contribution is -2.53. The second kappa shape index (κ2) is 16.2. The number of amides is 2. The first-order valence-corrected chi connectivity index (χ1v) is 14.3. The molecular formula is C34H45ClN4O4. The molecule has 3 rings (SSSR count). The number of esters is 1. The quantitative estimate of drug-likeness (QED) is 0.242. The molecule has 9 heteroatoms. The number of carbonyl (C=O) groups is 3. The van der Waals surface area contributed by atoms with E-state index in [1.54, 1.807) is 47.1 Å². The predicted octanol–water partition coefficient (Wildman–Crippen LogP) is 4.92. The Hall–Kier alpha value is -3.75. The minimum absolute atomic E-state index is 0. The lowest BCUT2D eigenvalue weighted by molar-refractivity contribution is -0.139. The van der Waals surface area contributed by atoms with Crippen LogP contribution in [0.15, 0.2) is 85.2 Å². The summed E-state index contributed by atoms with van der Waals surface area (Å²) in [5, 5.41) is 0. The van der Waals surface area contributed by atoms with Gasteiger partial charge in [0.15, 0.2) is 0 Å². The molecule has 0 saturated carbocycles. The van der Waals surface area contributed by atoms with Gasteiger partial charge < -0.3 is 14.5 Å². The van der Waals surface area contributed by atoms with Gasteiger partial charge in [-0.3, -0.25) is 19.5 Å². The molecule has 2 amide bonds. The average Bonchev–Trinajstić information content (AvgIpc) is 2.97. The molecule has 0 fully saturated rings. The highest BCUT2D eigenvalue weighted by Gasteiger charge is 2.32. The highest BCUT2D eigenvalue weighted by atomic mass is 35.5. The average molecular weight is 609 g/mol. The third-order valence-electron chi connectivity index (χ3n) is 7.78. The molecule has 0 aliphatic rings. The van der Waals surface area contributed by atoms with E-state index in [0.717, 1.165) is 11.1 Å². The van der Waals surface area contributed by atoms with Gasteiger partial charge in [-0.1, -0.05) is 60.7 Å². The SMILES string of the molecule is CN(C(=O)CN(CCOC(=O)c1cccnc1)CC(=O)N(C)C(C)(C)Cc1ccccc1)C(C)(C)Cc1ccccc1.Cl. The Balaban J connectivity index is 0.00000645. The maximum Gasteiger partial charge on any atom is 0.339 e. The minimum atomic E-state index is -0.497. The number of pyridine rings is 1. The molecule has 0 radical (unpaired) electrons. The number of benzene rings is 2. The molecule has 8 nitrogen and oxygen atoms in total. The van der Waals surface area contributed by atoms with Crippen molar-refractivity contribution in [2.75, 3.05) is 40.3 Å². The molecule has 0 N–H and O–H groups in total. The fourth-order valence-electron chi connectivity index (χ4n) is 4.75. The number of nitrogens with zero attached hydrogens (tertiary/aromatic N) is 4. The van der Waals surface area contributed by atoms with Crippen molar-refractivity contribution in [1.82, 2.24) is 19.7 Å². The van der Waals surface area contributed by atoms with Crippen LogP contribution >= 0.6 is 12.4 Å². The molecule has 1 aromatic heterocycles. The van der Waals surface area contributed by atoms with Gasteiger partial charge in [-0.25, -0.2) is 4.79 Å². The summed E-state index contributed by atoms with van der Waals surface area (Å²) in [6, 6.07) is 23.4. The molecule has 0 aliphatic heterocycles. The highest BCUT2D eigenvalue weighted by molar-refractivity contribution is 5.89. The van der Waals surface area contributed by atoms with E-state index in [9.17, 15) is 14.4 Å². The van der Waals surface area contributed by atoms with Crippen LogP contribution in [0.3, 0.4) is 0 Å². The third kappa shape index (κ3) is 10.8. The third-order valence-corrected chi connectivity index (χ3v) is 7.78. The zero-order chi connectivity index (χ0) is 30.8. The summed E-state index contributed by atoms with van der Waals surface area (Å²) in [5.74, 6) is -0.732. The maximum absolute atomic E-state index is 13.5. The zero-order valence-corrected chi connectivity index (χ0v) is 27.0. The van der Waals surface area contributed by atoms with Crippen molar-refractivity contribution >= 4 is 30.2 Å². The molecule has 3 aromatic rings. The normalized spacial score (nSPS) is 11.4. The van der Waals surface area contributed by atoms with Crippen molar-refractivity contribution in [2.24, 2.45) is 0 Å². The number of likely N-dealkylation sites (N-methyl/N-ethyl adjacent to an activating group) is 2. The Morgan fingerprint density at radius 2 is 1.19 bits per heavy atom. The molecule has 0 spiro atoms. The summed E-state index contributed by atoms with van der Waals surface area (Å²) in [6.45, 7) is 8.40. The summed E-state index contributed by atoms with van der Waals surface area (Å²) in [4.78, 5) is 48.7. The van der Waals surface area contributed by atoms with Crippen molar-refractivity contribution in [3.05, 3.63) is 102 Å². The summed E-state index contributed by atoms with van der Waals surface area (Å²) in [6.07, 6.45) is 4.41. The van der Waals surface area contributed by atoms with Crippen LogP contribution in [0, 0.1) is 0 Å². The van der Waals surface area contributed by atoms with E-state index in [4.69, 9.17) is 4.74 Å². The van der Waals surface area contributed by atoms with Crippen molar-refractivity contribution < 1.29 is 19.1 Å². The first kappa shape index (κ1) is 35.4. The summed E-state index contributed by atoms with van der Waals surface area (Å²) < 4.78 is 5.46. The zero-order valence-electron chi connectivity index (χ0n) is 26.2. The predicted molar refractivity (Wildman–Crippen MR) is 172 cm³/mol. The van der Waals surface area contributed by atoms with Gasteiger partial charge >= 0.3 is 5.97 Å². The summed E-state index contributed by atoms with van der Waals surface area (Å²) in [5.41, 5.74) is 1.73. The lowest BCUT2D eigenvalue weighted by atomic mass is 9.93. The second-order valence-electron chi connectivity index (χ2n) is 11.9. The lowest BCUT2D eigenvalue weighted by Gasteiger charge is -2.39. The second-order valence-corrected chi connectivity index (χ2v) is 11.9. The van der Waals surface area contributed by atoms with Crippen LogP contribution in [-0.2, 0) is 27.2 Å². The van der Waals surface area contributed by atoms with Gasteiger partial charge in [-0.15, -0.1) is 12.4 Å². The van der Waals surface area contributed by atoms with Crippen molar-refractivity contribution in [2.45, 2.75) is 51.6 Å². The van der Waals surface area contributed by atoms with Crippen LogP contribution in [0.25, 0.3) is 0 Å². The molecule has 0 saturated heterocycles. The number of halogens is 1. The molecule has 2 aromatic carbocycles. The van der Waals surface area contributed by atoms with Crippen LogP contribution in [-0.4, -0.2) is 88.9 Å². The van der Waals surface area contributed by atoms with E-state index in [-0.39, 0.29) is 50.5 Å². The summed E-state index contributed by atoms with van der Waals surface area (Å²) >= 11 is 0. The topological polar surface area (TPSA) is 83.0 Å². The van der Waals surface area contributed by atoms with Crippen LogP contribution in [0.5, 0.6) is 0 Å². The molecular weight excluding hydrogens is 564 g/mol. The monoisotopic (exact) mass is 608 g/mol. The number of hydrogen-bond acceptors (Lipinski definition) is 6. The van der Waals surface area contributed by atoms with Gasteiger partial charge in [-0.2, -0.15) is 0 Å². The standard InChI is InChI=1S/C34H44N4O4.ClH/c1-33(2,22-27-14-9-7-10-15-27)36(5)30(39)25-38(20-21-42-32(41)29-18-13-19-35-24-29)26-31(40)37(6)34(3,4)23-28-16-11-8-12-17-28;/h7-19,24H,20-23,25-26H2,1-6H3;1H. The van der Waals surface area contributed by atoms with E-state index >= 15 is 0 Å². The van der Waals surface area contributed by atoms with E-state index in [2.05, 4.69) is 29.2 Å². The van der Waals surface area contributed by atoms with Gasteiger partial charge in [-0.05, 0) is 63.8 Å².